The maximum atomic E-state index is 12.2. The summed E-state index contributed by atoms with van der Waals surface area (Å²) in [6, 6.07) is 2.89. The number of ether oxygens (including phenoxy) is 3. The number of hydrogen-bond acceptors (Lipinski definition) is 10. The molecule has 0 aliphatic carbocycles. The first-order chi connectivity index (χ1) is 12.9. The zero-order chi connectivity index (χ0) is 19.7. The van der Waals surface area contributed by atoms with E-state index in [-0.39, 0.29) is 22.6 Å². The van der Waals surface area contributed by atoms with Crippen molar-refractivity contribution in [3.05, 3.63) is 23.3 Å². The van der Waals surface area contributed by atoms with Crippen molar-refractivity contribution in [2.24, 2.45) is 0 Å². The van der Waals surface area contributed by atoms with Gasteiger partial charge in [-0.1, -0.05) is 6.07 Å². The van der Waals surface area contributed by atoms with Gasteiger partial charge >= 0.3 is 0 Å². The number of aliphatic hydroxyl groups excluding tert-OH is 5. The largest absolute Gasteiger partial charge is 0.452 e. The van der Waals surface area contributed by atoms with Crippen LogP contribution in [0.2, 0.25) is 0 Å². The van der Waals surface area contributed by atoms with Crippen LogP contribution < -0.4 is 10.1 Å². The molecule has 3 rings (SSSR count). The minimum Gasteiger partial charge on any atom is -0.452 e. The molecule has 11 heteroatoms. The summed E-state index contributed by atoms with van der Waals surface area (Å²) in [6.45, 7) is -1.10. The van der Waals surface area contributed by atoms with E-state index in [9.17, 15) is 35.1 Å². The Morgan fingerprint density at radius 2 is 1.89 bits per heavy atom. The van der Waals surface area contributed by atoms with Crippen molar-refractivity contribution in [3.8, 4) is 5.75 Å². The lowest BCUT2D eigenvalue weighted by molar-refractivity contribution is -0.322. The van der Waals surface area contributed by atoms with Crippen LogP contribution in [0.3, 0.4) is 0 Å². The van der Waals surface area contributed by atoms with Gasteiger partial charge in [0.25, 0.3) is 12.2 Å². The van der Waals surface area contributed by atoms with Crippen molar-refractivity contribution < 1.29 is 49.3 Å². The lowest BCUT2D eigenvalue weighted by Gasteiger charge is -2.40. The number of hydrogen-bond donors (Lipinski definition) is 6. The molecule has 2 heterocycles. The SMILES string of the molecule is O=Cc1c(CO)ccc2c1O[C@H](OC1OC(CO)C(O)C(O)C1O)C(=O)N2. The van der Waals surface area contributed by atoms with Gasteiger partial charge < -0.3 is 45.1 Å². The molecule has 1 amide bonds. The molecule has 11 nitrogen and oxygen atoms in total. The number of rotatable bonds is 5. The summed E-state index contributed by atoms with van der Waals surface area (Å²) in [6.07, 6.45) is -9.03. The van der Waals surface area contributed by atoms with Gasteiger partial charge in [0, 0.05) is 0 Å². The van der Waals surface area contributed by atoms with Crippen LogP contribution in [0.4, 0.5) is 5.69 Å². The van der Waals surface area contributed by atoms with Crippen LogP contribution >= 0.6 is 0 Å². The normalized spacial score (nSPS) is 33.0. The number of benzene rings is 1. The van der Waals surface area contributed by atoms with Crippen molar-refractivity contribution in [1.29, 1.82) is 0 Å². The molecule has 0 radical (unpaired) electrons. The molecule has 0 bridgehead atoms. The number of aliphatic hydroxyl groups is 5. The Hall–Kier alpha value is -2.12. The average molecular weight is 385 g/mol. The van der Waals surface area contributed by atoms with Crippen molar-refractivity contribution in [2.45, 2.75) is 43.6 Å². The standard InChI is InChI=1S/C16H19NO10/c18-3-6-1-2-8-13(7(6)4-19)26-16(14(24)17-8)27-15-12(23)11(22)10(21)9(5-20)25-15/h1-2,4,9-12,15-16,18,20-23H,3,5H2,(H,17,24)/t9?,10?,11?,12?,15?,16-/m1/s1. The molecule has 6 atom stereocenters. The molecule has 1 aromatic carbocycles. The maximum absolute atomic E-state index is 12.2. The van der Waals surface area contributed by atoms with E-state index in [0.29, 0.717) is 6.29 Å². The summed E-state index contributed by atoms with van der Waals surface area (Å²) in [7, 11) is 0. The molecule has 5 unspecified atom stereocenters. The molecule has 0 saturated carbocycles. The fourth-order valence-electron chi connectivity index (χ4n) is 2.88. The van der Waals surface area contributed by atoms with Crippen molar-refractivity contribution >= 4 is 17.9 Å². The van der Waals surface area contributed by atoms with E-state index in [1.54, 1.807) is 0 Å². The molecule has 1 saturated heterocycles. The van der Waals surface area contributed by atoms with Gasteiger partial charge in [0.1, 0.15) is 24.4 Å². The van der Waals surface area contributed by atoms with E-state index < -0.39 is 56.1 Å². The molecule has 6 N–H and O–H groups in total. The number of anilines is 1. The Morgan fingerprint density at radius 1 is 1.15 bits per heavy atom. The van der Waals surface area contributed by atoms with Crippen LogP contribution in [0.25, 0.3) is 0 Å². The summed E-state index contributed by atoms with van der Waals surface area (Å²) in [4.78, 5) is 23.5. The van der Waals surface area contributed by atoms with Crippen LogP contribution in [0.1, 0.15) is 15.9 Å². The Labute approximate surface area is 152 Å². The van der Waals surface area contributed by atoms with Crippen LogP contribution in [0.5, 0.6) is 5.75 Å². The minimum atomic E-state index is -1.73. The third kappa shape index (κ3) is 3.53. The minimum absolute atomic E-state index is 0.0115. The summed E-state index contributed by atoms with van der Waals surface area (Å²) < 4.78 is 15.9. The lowest BCUT2D eigenvalue weighted by atomic mass is 9.99. The van der Waals surface area contributed by atoms with Gasteiger partial charge in [-0.3, -0.25) is 9.59 Å². The van der Waals surface area contributed by atoms with E-state index in [2.05, 4.69) is 5.32 Å². The van der Waals surface area contributed by atoms with Gasteiger partial charge in [-0.2, -0.15) is 0 Å². The van der Waals surface area contributed by atoms with Crippen LogP contribution in [-0.4, -0.2) is 81.3 Å². The number of amides is 1. The first kappa shape index (κ1) is 19.6. The number of aldehydes is 1. The Morgan fingerprint density at radius 3 is 2.52 bits per heavy atom. The first-order valence-electron chi connectivity index (χ1n) is 8.06. The van der Waals surface area contributed by atoms with Gasteiger partial charge in [0.05, 0.1) is 24.5 Å². The number of nitrogens with one attached hydrogen (secondary N) is 1. The predicted molar refractivity (Wildman–Crippen MR) is 85.7 cm³/mol. The molecular weight excluding hydrogens is 366 g/mol. The third-order valence-electron chi connectivity index (χ3n) is 4.38. The highest BCUT2D eigenvalue weighted by Gasteiger charge is 2.46. The van der Waals surface area contributed by atoms with E-state index in [1.165, 1.54) is 12.1 Å². The summed E-state index contributed by atoms with van der Waals surface area (Å²) >= 11 is 0. The van der Waals surface area contributed by atoms with Crippen molar-refractivity contribution in [3.63, 3.8) is 0 Å². The van der Waals surface area contributed by atoms with Crippen LogP contribution in [0, 0.1) is 0 Å². The molecule has 2 aliphatic heterocycles. The van der Waals surface area contributed by atoms with Crippen LogP contribution in [0.15, 0.2) is 12.1 Å². The topological polar surface area (TPSA) is 175 Å². The molecule has 0 spiro atoms. The summed E-state index contributed by atoms with van der Waals surface area (Å²) in [5.41, 5.74) is 0.469. The van der Waals surface area contributed by atoms with E-state index in [4.69, 9.17) is 14.2 Å². The van der Waals surface area contributed by atoms with E-state index in [1.807, 2.05) is 0 Å². The number of fused-ring (bicyclic) bond motifs is 1. The Bertz CT molecular complexity index is 723. The Kier molecular flexibility index (Phi) is 5.72. The second-order valence-electron chi connectivity index (χ2n) is 6.06. The maximum Gasteiger partial charge on any atom is 0.294 e. The van der Waals surface area contributed by atoms with Gasteiger partial charge in [-0.15, -0.1) is 0 Å². The summed E-state index contributed by atoms with van der Waals surface area (Å²) in [5.74, 6) is -0.807. The zero-order valence-corrected chi connectivity index (χ0v) is 13.9. The molecule has 2 aliphatic rings. The molecule has 1 fully saturated rings. The van der Waals surface area contributed by atoms with Crippen molar-refractivity contribution in [2.75, 3.05) is 11.9 Å². The van der Waals surface area contributed by atoms with E-state index in [0.717, 1.165) is 0 Å². The van der Waals surface area contributed by atoms with Gasteiger partial charge in [-0.25, -0.2) is 0 Å². The van der Waals surface area contributed by atoms with Gasteiger partial charge in [0.15, 0.2) is 18.3 Å². The quantitative estimate of drug-likeness (QED) is 0.296. The molecular formula is C16H19NO10. The molecule has 1 aromatic rings. The summed E-state index contributed by atoms with van der Waals surface area (Å²) in [5, 5.41) is 50.5. The highest BCUT2D eigenvalue weighted by molar-refractivity contribution is 5.99. The number of carbonyl (C=O) groups is 2. The Balaban J connectivity index is 1.83. The van der Waals surface area contributed by atoms with Gasteiger partial charge in [0.2, 0.25) is 0 Å². The molecule has 148 valence electrons. The lowest BCUT2D eigenvalue weighted by Crippen LogP contribution is -2.60. The second-order valence-corrected chi connectivity index (χ2v) is 6.06. The zero-order valence-electron chi connectivity index (χ0n) is 13.9. The first-order valence-corrected chi connectivity index (χ1v) is 8.06. The fraction of sp³-hybridized carbons (Fsp3) is 0.500. The fourth-order valence-corrected chi connectivity index (χ4v) is 2.88. The molecule has 27 heavy (non-hydrogen) atoms. The second kappa shape index (κ2) is 7.86. The smallest absolute Gasteiger partial charge is 0.294 e. The highest BCUT2D eigenvalue weighted by atomic mass is 16.8. The third-order valence-corrected chi connectivity index (χ3v) is 4.38. The molecule has 0 aromatic heterocycles. The van der Waals surface area contributed by atoms with Crippen LogP contribution in [-0.2, 0) is 20.9 Å². The van der Waals surface area contributed by atoms with Crippen molar-refractivity contribution in [1.82, 2.24) is 0 Å². The van der Waals surface area contributed by atoms with E-state index >= 15 is 0 Å². The monoisotopic (exact) mass is 385 g/mol. The predicted octanol–water partition coefficient (Wildman–Crippen LogP) is -2.54. The van der Waals surface area contributed by atoms with Gasteiger partial charge in [-0.05, 0) is 11.6 Å². The number of carbonyl (C=O) groups excluding carboxylic acids is 2. The average Bonchev–Trinajstić information content (AvgIpc) is 2.67. The highest BCUT2D eigenvalue weighted by Crippen LogP contribution is 2.36.